The van der Waals surface area contributed by atoms with Crippen LogP contribution in [-0.4, -0.2) is 23.5 Å². The number of phenols is 1. The molecule has 0 amide bonds. The third kappa shape index (κ3) is 4.06. The minimum absolute atomic E-state index is 0.0705. The number of rotatable bonds is 5. The zero-order valence-corrected chi connectivity index (χ0v) is 17.0. The Kier molecular flexibility index (Phi) is 5.04. The van der Waals surface area contributed by atoms with Crippen LogP contribution in [0.1, 0.15) is 13.3 Å². The molecule has 1 unspecified atom stereocenters. The molecule has 1 heterocycles. The fourth-order valence-corrected chi connectivity index (χ4v) is 4.32. The van der Waals surface area contributed by atoms with E-state index in [1.165, 1.54) is 18.2 Å². The molecule has 0 fully saturated rings. The maximum Gasteiger partial charge on any atom is 0.259 e. The highest BCUT2D eigenvalue weighted by Gasteiger charge is 2.25. The molecule has 1 atom stereocenters. The first-order valence-corrected chi connectivity index (χ1v) is 10.8. The average molecular weight is 423 g/mol. The minimum atomic E-state index is -3.85. The number of fused-ring (bicyclic) bond motifs is 1. The van der Waals surface area contributed by atoms with Gasteiger partial charge in [-0.05, 0) is 55.0 Å². The van der Waals surface area contributed by atoms with Gasteiger partial charge in [-0.2, -0.15) is 0 Å². The molecule has 2 aromatic carbocycles. The van der Waals surface area contributed by atoms with Crippen LogP contribution in [0.2, 0.25) is 0 Å². The van der Waals surface area contributed by atoms with Crippen molar-refractivity contribution in [2.24, 2.45) is 11.7 Å². The number of aromatic nitrogens is 2. The zero-order chi connectivity index (χ0) is 21.3. The molecule has 1 aliphatic carbocycles. The molecule has 30 heavy (non-hydrogen) atoms. The molecule has 0 radical (unpaired) electrons. The Bertz CT molecular complexity index is 1270. The van der Waals surface area contributed by atoms with Crippen LogP contribution in [-0.2, 0) is 10.0 Å². The van der Waals surface area contributed by atoms with E-state index < -0.39 is 10.0 Å². The van der Waals surface area contributed by atoms with Crippen LogP contribution >= 0.6 is 0 Å². The van der Waals surface area contributed by atoms with Gasteiger partial charge in [0.15, 0.2) is 11.6 Å². The highest BCUT2D eigenvalue weighted by Crippen LogP contribution is 2.30. The number of nitrogens with two attached hydrogens (primary N) is 1. The van der Waals surface area contributed by atoms with Crippen molar-refractivity contribution in [1.29, 1.82) is 0 Å². The summed E-state index contributed by atoms with van der Waals surface area (Å²) in [4.78, 5) is 9.24. The number of allylic oxidation sites excluding steroid dienone is 4. The molecule has 8 nitrogen and oxygen atoms in total. The summed E-state index contributed by atoms with van der Waals surface area (Å²) in [5.74, 6) is 0.385. The number of hydrogen-bond acceptors (Lipinski definition) is 7. The summed E-state index contributed by atoms with van der Waals surface area (Å²) in [7, 11) is -3.85. The number of hydrogen-bond donors (Lipinski definition) is 4. The normalized spacial score (nSPS) is 16.6. The highest BCUT2D eigenvalue weighted by atomic mass is 32.2. The van der Waals surface area contributed by atoms with E-state index in [-0.39, 0.29) is 28.2 Å². The fraction of sp³-hybridized carbons (Fsp3) is 0.143. The molecule has 0 spiro atoms. The summed E-state index contributed by atoms with van der Waals surface area (Å²) in [6, 6.07) is 13.5. The number of benzene rings is 2. The number of phenolic OH excluding ortho intramolecular Hbond substituents is 1. The molecular formula is C21H21N5O3S. The Hall–Kier alpha value is -3.59. The van der Waals surface area contributed by atoms with Crippen molar-refractivity contribution in [2.45, 2.75) is 13.3 Å². The van der Waals surface area contributed by atoms with Gasteiger partial charge in [0, 0.05) is 17.3 Å². The number of para-hydroxylation sites is 2. The molecule has 4 rings (SSSR count). The van der Waals surface area contributed by atoms with Crippen LogP contribution in [0.15, 0.2) is 71.3 Å². The summed E-state index contributed by atoms with van der Waals surface area (Å²) in [5.41, 5.74) is 8.31. The molecular weight excluding hydrogens is 402 g/mol. The first kappa shape index (κ1) is 19.7. The van der Waals surface area contributed by atoms with Gasteiger partial charge >= 0.3 is 0 Å². The summed E-state index contributed by atoms with van der Waals surface area (Å²) in [6.45, 7) is 1.88. The summed E-state index contributed by atoms with van der Waals surface area (Å²) < 4.78 is 28.6. The Balaban J connectivity index is 1.74. The zero-order valence-electron chi connectivity index (χ0n) is 16.2. The molecule has 0 saturated heterocycles. The monoisotopic (exact) mass is 423 g/mol. The van der Waals surface area contributed by atoms with Gasteiger partial charge in [-0.1, -0.05) is 19.1 Å². The maximum absolute atomic E-state index is 13.0. The third-order valence-corrected chi connectivity index (χ3v) is 6.27. The van der Waals surface area contributed by atoms with Crippen molar-refractivity contribution >= 4 is 38.4 Å². The van der Waals surface area contributed by atoms with Crippen molar-refractivity contribution < 1.29 is 13.5 Å². The number of nitrogens with one attached hydrogen (secondary N) is 2. The summed E-state index contributed by atoms with van der Waals surface area (Å²) in [5, 5.41) is 12.6. The average Bonchev–Trinajstić information content (AvgIpc) is 2.72. The predicted molar refractivity (Wildman–Crippen MR) is 118 cm³/mol. The number of anilines is 3. The van der Waals surface area contributed by atoms with Crippen LogP contribution in [0.3, 0.4) is 0 Å². The van der Waals surface area contributed by atoms with E-state index in [9.17, 15) is 13.5 Å². The van der Waals surface area contributed by atoms with Crippen molar-refractivity contribution in [3.05, 3.63) is 71.3 Å². The molecule has 1 aromatic heterocycles. The van der Waals surface area contributed by atoms with Gasteiger partial charge in [-0.15, -0.1) is 0 Å². The van der Waals surface area contributed by atoms with Gasteiger partial charge in [-0.25, -0.2) is 18.4 Å². The van der Waals surface area contributed by atoms with Crippen LogP contribution in [0.4, 0.5) is 17.3 Å². The summed E-state index contributed by atoms with van der Waals surface area (Å²) >= 11 is 0. The minimum Gasteiger partial charge on any atom is -0.508 e. The van der Waals surface area contributed by atoms with Crippen LogP contribution in [0.25, 0.3) is 11.0 Å². The van der Waals surface area contributed by atoms with Crippen molar-refractivity contribution in [2.75, 3.05) is 10.0 Å². The Labute approximate surface area is 174 Å². The SMILES string of the molecule is CC1CC(S(=O)(=O)Nc2nc3ccccc3nc2Nc2ccc(O)cc2)=CC=C1N. The highest BCUT2D eigenvalue weighted by molar-refractivity contribution is 7.96. The Morgan fingerprint density at radius 2 is 1.63 bits per heavy atom. The molecule has 5 N–H and O–H groups in total. The first-order chi connectivity index (χ1) is 14.3. The van der Waals surface area contributed by atoms with Crippen LogP contribution < -0.4 is 15.8 Å². The largest absolute Gasteiger partial charge is 0.508 e. The fourth-order valence-electron chi connectivity index (χ4n) is 3.07. The number of sulfonamides is 1. The van der Waals surface area contributed by atoms with Crippen molar-refractivity contribution in [3.63, 3.8) is 0 Å². The molecule has 0 aliphatic heterocycles. The van der Waals surface area contributed by atoms with Gasteiger partial charge in [0.05, 0.1) is 15.9 Å². The quantitative estimate of drug-likeness (QED) is 0.461. The lowest BCUT2D eigenvalue weighted by atomic mass is 10.00. The van der Waals surface area contributed by atoms with E-state index in [1.807, 2.05) is 13.0 Å². The predicted octanol–water partition coefficient (Wildman–Crippen LogP) is 3.59. The van der Waals surface area contributed by atoms with Gasteiger partial charge in [0.1, 0.15) is 5.75 Å². The molecule has 3 aromatic rings. The second kappa shape index (κ2) is 7.68. The van der Waals surface area contributed by atoms with E-state index in [0.717, 1.165) is 0 Å². The molecule has 0 saturated carbocycles. The van der Waals surface area contributed by atoms with E-state index in [0.29, 0.717) is 28.8 Å². The van der Waals surface area contributed by atoms with Gasteiger partial charge in [0.2, 0.25) is 0 Å². The third-order valence-electron chi connectivity index (χ3n) is 4.81. The summed E-state index contributed by atoms with van der Waals surface area (Å²) in [6.07, 6.45) is 3.43. The molecule has 0 bridgehead atoms. The first-order valence-electron chi connectivity index (χ1n) is 9.34. The lowest BCUT2D eigenvalue weighted by molar-refractivity contribution is 0.475. The Morgan fingerprint density at radius 1 is 1.00 bits per heavy atom. The standard InChI is InChI=1S/C21H21N5O3S/c1-13-12-16(10-11-17(13)22)30(28,29)26-21-20(23-14-6-8-15(27)9-7-14)24-18-4-2-3-5-19(18)25-21/h2-11,13,27H,12,22H2,1H3,(H,23,24)(H,25,26). The van der Waals surface area contributed by atoms with Crippen LogP contribution in [0, 0.1) is 5.92 Å². The second-order valence-electron chi connectivity index (χ2n) is 7.09. The second-order valence-corrected chi connectivity index (χ2v) is 8.83. The lowest BCUT2D eigenvalue weighted by Crippen LogP contribution is -2.22. The number of nitrogens with zero attached hydrogens (tertiary/aromatic N) is 2. The van der Waals surface area contributed by atoms with Gasteiger partial charge in [0.25, 0.3) is 10.0 Å². The number of aromatic hydroxyl groups is 1. The molecule has 154 valence electrons. The van der Waals surface area contributed by atoms with Gasteiger partial charge in [-0.3, -0.25) is 4.72 Å². The maximum atomic E-state index is 13.0. The van der Waals surface area contributed by atoms with Crippen LogP contribution in [0.5, 0.6) is 5.75 Å². The lowest BCUT2D eigenvalue weighted by Gasteiger charge is -2.20. The Morgan fingerprint density at radius 3 is 2.27 bits per heavy atom. The van der Waals surface area contributed by atoms with Crippen molar-refractivity contribution in [3.8, 4) is 5.75 Å². The van der Waals surface area contributed by atoms with E-state index in [1.54, 1.807) is 36.4 Å². The smallest absolute Gasteiger partial charge is 0.259 e. The van der Waals surface area contributed by atoms with E-state index >= 15 is 0 Å². The van der Waals surface area contributed by atoms with E-state index in [2.05, 4.69) is 20.0 Å². The molecule has 9 heteroatoms. The van der Waals surface area contributed by atoms with Crippen molar-refractivity contribution in [1.82, 2.24) is 9.97 Å². The van der Waals surface area contributed by atoms with Gasteiger partial charge < -0.3 is 16.2 Å². The topological polar surface area (TPSA) is 130 Å². The van der Waals surface area contributed by atoms with E-state index in [4.69, 9.17) is 5.73 Å². The molecule has 1 aliphatic rings.